The highest BCUT2D eigenvalue weighted by molar-refractivity contribution is 6.16. The third-order valence-electron chi connectivity index (χ3n) is 7.36. The van der Waals surface area contributed by atoms with Gasteiger partial charge in [0.05, 0.1) is 65.4 Å². The zero-order valence-electron chi connectivity index (χ0n) is 38.9. The van der Waals surface area contributed by atoms with Crippen LogP contribution >= 0.6 is 0 Å². The lowest BCUT2D eigenvalue weighted by Gasteiger charge is -2.06. The Balaban J connectivity index is 1.80. The van der Waals surface area contributed by atoms with Crippen molar-refractivity contribution in [3.8, 4) is 24.3 Å². The molecule has 7 rings (SSSR count). The van der Waals surface area contributed by atoms with Crippen LogP contribution in [0.1, 0.15) is 48.4 Å². The van der Waals surface area contributed by atoms with Crippen molar-refractivity contribution < 1.29 is 20.6 Å². The summed E-state index contributed by atoms with van der Waals surface area (Å²) in [7, 11) is 0. The normalized spacial score (nSPS) is 19.2. The van der Waals surface area contributed by atoms with Crippen molar-refractivity contribution in [2.45, 2.75) is 0 Å². The Hall–Kier alpha value is -7.74. The van der Waals surface area contributed by atoms with Crippen LogP contribution in [0, 0.1) is 58.5 Å². The monoisotopic (exact) mass is 621 g/mol. The molecule has 0 N–H and O–H groups in total. The highest BCUT2D eigenvalue weighted by Crippen LogP contribution is 2.57. The molecule has 1 aliphatic carbocycles. The number of fused-ring (bicyclic) bond motifs is 3. The van der Waals surface area contributed by atoms with Gasteiger partial charge in [-0.3, -0.25) is 0 Å². The van der Waals surface area contributed by atoms with Crippen LogP contribution in [0.15, 0.2) is 126 Å². The molecule has 0 atom stereocenters. The summed E-state index contributed by atoms with van der Waals surface area (Å²) in [6.45, 7) is 16.0. The van der Waals surface area contributed by atoms with Crippen molar-refractivity contribution >= 4 is 54.8 Å². The van der Waals surface area contributed by atoms with Gasteiger partial charge in [0.15, 0.2) is 5.69 Å². The first-order chi connectivity index (χ1) is 29.8. The molecule has 0 saturated heterocycles. The maximum absolute atomic E-state index is 11.0. The molecule has 0 aliphatic heterocycles. The summed E-state index contributed by atoms with van der Waals surface area (Å²) < 4.78 is 130. The summed E-state index contributed by atoms with van der Waals surface area (Å²) in [4.78, 5) is 6.83. The molecule has 0 aromatic heterocycles. The lowest BCUT2D eigenvalue weighted by molar-refractivity contribution is 1.49. The van der Waals surface area contributed by atoms with E-state index in [4.69, 9.17) is 33.7 Å². The summed E-state index contributed by atoms with van der Waals surface area (Å²) in [5.74, 6) is 0. The number of benzene rings is 6. The van der Waals surface area contributed by atoms with Gasteiger partial charge in [-0.1, -0.05) is 78.6 Å². The molecule has 48 heavy (non-hydrogen) atoms. The summed E-state index contributed by atoms with van der Waals surface area (Å²) in [5.41, 5.74) is -5.60. The number of hydrogen-bond donors (Lipinski definition) is 0. The van der Waals surface area contributed by atoms with Crippen LogP contribution in [-0.2, 0) is 0 Å². The van der Waals surface area contributed by atoms with Gasteiger partial charge in [-0.2, -0.15) is 21.0 Å². The predicted octanol–water partition coefficient (Wildman–Crippen LogP) is 10.0. The van der Waals surface area contributed by atoms with Crippen LogP contribution in [0.5, 0.6) is 0 Å². The van der Waals surface area contributed by atoms with Crippen LogP contribution in [0.4, 0.5) is 5.69 Å². The smallest absolute Gasteiger partial charge is 0.203 e. The quantitative estimate of drug-likeness (QED) is 0.145. The molecule has 0 heterocycles. The summed E-state index contributed by atoms with van der Waals surface area (Å²) in [5, 5.41) is 38.9. The summed E-state index contributed by atoms with van der Waals surface area (Å²) in [6, 6.07) is -0.287. The molecule has 6 aromatic rings. The molecule has 0 radical (unpaired) electrons. The van der Waals surface area contributed by atoms with E-state index in [1.165, 1.54) is 0 Å². The Kier molecular flexibility index (Phi) is 4.01. The van der Waals surface area contributed by atoms with Gasteiger partial charge in [-0.25, -0.2) is 9.69 Å². The van der Waals surface area contributed by atoms with Crippen molar-refractivity contribution in [2.24, 2.45) is 0 Å². The van der Waals surface area contributed by atoms with Gasteiger partial charge in [0.1, 0.15) is 12.1 Å². The molecule has 0 bridgehead atoms. The Morgan fingerprint density at radius 3 is 1.48 bits per heavy atom. The number of allylic oxidation sites excluding steroid dienone is 5. The minimum absolute atomic E-state index is 0.330. The van der Waals surface area contributed by atoms with Gasteiger partial charge >= 0.3 is 0 Å². The third-order valence-corrected chi connectivity index (χ3v) is 7.36. The maximum Gasteiger partial charge on any atom is 0.203 e. The Morgan fingerprint density at radius 2 is 1.02 bits per heavy atom. The zero-order valence-corrected chi connectivity index (χ0v) is 23.9. The van der Waals surface area contributed by atoms with E-state index in [0.717, 1.165) is 18.2 Å². The van der Waals surface area contributed by atoms with Crippen molar-refractivity contribution in [1.29, 1.82) is 21.0 Å². The number of nitrogens with zero attached hydrogens (tertiary/aromatic N) is 6. The van der Waals surface area contributed by atoms with Crippen molar-refractivity contribution in [2.75, 3.05) is 0 Å². The standard InChI is InChI=1S/C42H18N6/c1-47-30-14-17-33-29(20-30)8-5-11-36(33)42(48-2)41-39(37(23-45)34-9-3-6-27-18-25(21-43)12-15-31(27)34)40(41)38(24-46)35-10-4-7-28-19-26(22-44)13-16-32(28)35/h3-20H/b39-37-,40-38+,42-41?/i3D,4D,5D,6D,7D,8D,12D,13D,14D,15D,16D,17D,18D,19D,20D. The topological polar surface area (TPSA) is 104 Å². The van der Waals surface area contributed by atoms with Gasteiger partial charge in [-0.15, -0.1) is 0 Å². The fourth-order valence-corrected chi connectivity index (χ4v) is 5.28. The fourth-order valence-electron chi connectivity index (χ4n) is 5.28. The number of rotatable bonds is 3. The number of nitriles is 4. The van der Waals surface area contributed by atoms with Gasteiger partial charge in [0, 0.05) is 13.9 Å². The first-order valence-electron chi connectivity index (χ1n) is 21.0. The lowest BCUT2D eigenvalue weighted by Crippen LogP contribution is -1.88. The Labute approximate surface area is 297 Å². The molecule has 0 amide bonds. The zero-order chi connectivity index (χ0) is 46.4. The lowest BCUT2D eigenvalue weighted by atomic mass is 9.95. The van der Waals surface area contributed by atoms with E-state index in [0.29, 0.717) is 0 Å². The minimum Gasteiger partial charge on any atom is -0.238 e. The van der Waals surface area contributed by atoms with Gasteiger partial charge < -0.3 is 0 Å². The molecular formula is C42H18N6. The van der Waals surface area contributed by atoms with Crippen molar-refractivity contribution in [3.05, 3.63) is 176 Å². The van der Waals surface area contributed by atoms with Crippen molar-refractivity contribution in [3.63, 3.8) is 0 Å². The highest BCUT2D eigenvalue weighted by atomic mass is 14.7. The van der Waals surface area contributed by atoms with E-state index in [-0.39, 0.29) is 33.4 Å². The first-order valence-corrected chi connectivity index (χ1v) is 13.5. The molecule has 0 spiro atoms. The maximum atomic E-state index is 11.0. The molecule has 6 aromatic carbocycles. The van der Waals surface area contributed by atoms with E-state index in [9.17, 15) is 21.0 Å². The van der Waals surface area contributed by atoms with Crippen LogP contribution in [0.25, 0.3) is 58.9 Å². The average molecular weight is 622 g/mol. The van der Waals surface area contributed by atoms with Crippen LogP contribution in [0.2, 0.25) is 0 Å². The van der Waals surface area contributed by atoms with E-state index in [2.05, 4.69) is 9.69 Å². The third kappa shape index (κ3) is 4.62. The van der Waals surface area contributed by atoms with E-state index in [1.807, 2.05) is 12.1 Å². The van der Waals surface area contributed by atoms with E-state index >= 15 is 0 Å². The minimum atomic E-state index is -0.760. The Bertz CT molecular complexity index is 3250. The molecule has 216 valence electrons. The molecule has 6 nitrogen and oxygen atoms in total. The van der Waals surface area contributed by atoms with E-state index in [1.54, 1.807) is 12.1 Å². The van der Waals surface area contributed by atoms with Crippen LogP contribution < -0.4 is 0 Å². The molecule has 1 saturated carbocycles. The van der Waals surface area contributed by atoms with Gasteiger partial charge in [-0.05, 0) is 84.8 Å². The molecule has 0 unspecified atom stereocenters. The second-order valence-corrected chi connectivity index (χ2v) is 9.85. The van der Waals surface area contributed by atoms with E-state index < -0.39 is 157 Å². The predicted molar refractivity (Wildman–Crippen MR) is 186 cm³/mol. The Morgan fingerprint density at radius 1 is 0.562 bits per heavy atom. The molecule has 1 fully saturated rings. The molecule has 6 heteroatoms. The van der Waals surface area contributed by atoms with Gasteiger partial charge in [0.25, 0.3) is 0 Å². The van der Waals surface area contributed by atoms with Crippen LogP contribution in [-0.4, -0.2) is 0 Å². The second-order valence-electron chi connectivity index (χ2n) is 9.85. The van der Waals surface area contributed by atoms with Gasteiger partial charge in [0.2, 0.25) is 5.70 Å². The van der Waals surface area contributed by atoms with Crippen molar-refractivity contribution in [1.82, 2.24) is 0 Å². The molecular weight excluding hydrogens is 589 g/mol. The van der Waals surface area contributed by atoms with Crippen LogP contribution in [0.3, 0.4) is 0 Å². The SMILES string of the molecule is [2H]c1cc(C([N+]#[C-])=C2C(=C(\C#N)c3cc([2H])c([2H])c4c([2H])c(C#N)c([2H])c([2H])c34)/C2=C(\C#N)c2cc([2H])c([2H])c3c([2H])c(C#N)c([2H])c([2H])c23)c2c([2H])c([2H])c([N+]#[C-])c([2H])c2c1[2H]. The first kappa shape index (κ1) is 16.5. The highest BCUT2D eigenvalue weighted by Gasteiger charge is 2.41. The number of hydrogen-bond acceptors (Lipinski definition) is 4. The fraction of sp³-hybridized carbons (Fsp3) is 0. The largest absolute Gasteiger partial charge is 0.238 e. The summed E-state index contributed by atoms with van der Waals surface area (Å²) in [6.07, 6.45) is 0. The average Bonchev–Trinajstić information content (AvgIpc) is 3.96. The summed E-state index contributed by atoms with van der Waals surface area (Å²) >= 11 is 0. The molecule has 1 aliphatic rings. The second kappa shape index (κ2) is 11.6.